The normalized spacial score (nSPS) is 10.9. The number of rotatable bonds is 3. The fourth-order valence-electron chi connectivity index (χ4n) is 1.31. The third-order valence-electron chi connectivity index (χ3n) is 2.24. The van der Waals surface area contributed by atoms with Crippen LogP contribution in [-0.2, 0) is 6.61 Å². The van der Waals surface area contributed by atoms with Gasteiger partial charge in [-0.3, -0.25) is 0 Å². The summed E-state index contributed by atoms with van der Waals surface area (Å²) >= 11 is 0. The van der Waals surface area contributed by atoms with Crippen molar-refractivity contribution in [3.8, 4) is 0 Å². The summed E-state index contributed by atoms with van der Waals surface area (Å²) in [5, 5.41) is 16.6. The minimum Gasteiger partial charge on any atom is -0.392 e. The van der Waals surface area contributed by atoms with Crippen LogP contribution in [0.4, 0.5) is 15.8 Å². The van der Waals surface area contributed by atoms with Crippen molar-refractivity contribution in [1.82, 2.24) is 0 Å². The van der Waals surface area contributed by atoms with Crippen LogP contribution in [0.15, 0.2) is 58.8 Å². The summed E-state index contributed by atoms with van der Waals surface area (Å²) in [6.45, 7) is -0.00919. The summed E-state index contributed by atoms with van der Waals surface area (Å²) in [4.78, 5) is 0. The number of azo groups is 1. The summed E-state index contributed by atoms with van der Waals surface area (Å²) < 4.78 is 13.2. The maximum atomic E-state index is 13.2. The topological polar surface area (TPSA) is 45.0 Å². The molecule has 0 heterocycles. The number of aliphatic hydroxyl groups is 1. The first kappa shape index (κ1) is 11.4. The average Bonchev–Trinajstić information content (AvgIpc) is 2.38. The van der Waals surface area contributed by atoms with E-state index in [1.807, 2.05) is 0 Å². The molecule has 0 aliphatic heterocycles. The first-order chi connectivity index (χ1) is 8.29. The lowest BCUT2D eigenvalue weighted by molar-refractivity contribution is 0.282. The Morgan fingerprint density at radius 1 is 0.941 bits per heavy atom. The Balaban J connectivity index is 2.17. The van der Waals surface area contributed by atoms with Gasteiger partial charge < -0.3 is 5.11 Å². The van der Waals surface area contributed by atoms with Gasteiger partial charge in [0, 0.05) is 0 Å². The molecular weight excluding hydrogens is 219 g/mol. The van der Waals surface area contributed by atoms with E-state index in [4.69, 9.17) is 5.11 Å². The zero-order chi connectivity index (χ0) is 12.1. The van der Waals surface area contributed by atoms with Crippen LogP contribution >= 0.6 is 0 Å². The highest BCUT2D eigenvalue weighted by atomic mass is 19.1. The van der Waals surface area contributed by atoms with Crippen molar-refractivity contribution in [1.29, 1.82) is 0 Å². The van der Waals surface area contributed by atoms with Crippen molar-refractivity contribution < 1.29 is 9.50 Å². The lowest BCUT2D eigenvalue weighted by atomic mass is 10.2. The molecule has 0 saturated carbocycles. The second-order valence-corrected chi connectivity index (χ2v) is 3.48. The Kier molecular flexibility index (Phi) is 3.57. The molecule has 4 heteroatoms. The van der Waals surface area contributed by atoms with E-state index in [1.165, 1.54) is 6.07 Å². The van der Waals surface area contributed by atoms with Gasteiger partial charge in [-0.15, -0.1) is 5.11 Å². The van der Waals surface area contributed by atoms with E-state index >= 15 is 0 Å². The fraction of sp³-hybridized carbons (Fsp3) is 0.0769. The van der Waals surface area contributed by atoms with Crippen molar-refractivity contribution in [2.45, 2.75) is 6.61 Å². The molecule has 0 radical (unpaired) electrons. The van der Waals surface area contributed by atoms with E-state index in [1.54, 1.807) is 42.5 Å². The van der Waals surface area contributed by atoms with E-state index in [0.717, 1.165) is 5.56 Å². The average molecular weight is 230 g/mol. The molecule has 0 unspecified atom stereocenters. The molecule has 2 rings (SSSR count). The summed E-state index contributed by atoms with van der Waals surface area (Å²) in [6, 6.07) is 13.1. The summed E-state index contributed by atoms with van der Waals surface area (Å²) in [6.07, 6.45) is 0. The first-order valence-corrected chi connectivity index (χ1v) is 5.15. The molecule has 2 aromatic carbocycles. The number of halogens is 1. The van der Waals surface area contributed by atoms with Crippen LogP contribution < -0.4 is 0 Å². The lowest BCUT2D eigenvalue weighted by Crippen LogP contribution is -1.79. The molecule has 0 aliphatic rings. The molecule has 2 aromatic rings. The first-order valence-electron chi connectivity index (χ1n) is 5.15. The molecule has 3 nitrogen and oxygen atoms in total. The van der Waals surface area contributed by atoms with Gasteiger partial charge >= 0.3 is 0 Å². The minimum absolute atomic E-state index is 0.00919. The highest BCUT2D eigenvalue weighted by molar-refractivity contribution is 5.41. The van der Waals surface area contributed by atoms with Gasteiger partial charge in [-0.1, -0.05) is 24.3 Å². The molecule has 0 saturated heterocycles. The van der Waals surface area contributed by atoms with Crippen LogP contribution in [0.2, 0.25) is 0 Å². The second kappa shape index (κ2) is 5.32. The molecule has 1 N–H and O–H groups in total. The quantitative estimate of drug-likeness (QED) is 0.802. The molecule has 0 bridgehead atoms. The number of benzene rings is 2. The Bertz CT molecular complexity index is 523. The third kappa shape index (κ3) is 2.95. The van der Waals surface area contributed by atoms with Gasteiger partial charge in [0.25, 0.3) is 0 Å². The molecule has 0 aliphatic carbocycles. The maximum absolute atomic E-state index is 13.2. The molecule has 17 heavy (non-hydrogen) atoms. The van der Waals surface area contributed by atoms with Crippen LogP contribution in [-0.4, -0.2) is 5.11 Å². The predicted molar refractivity (Wildman–Crippen MR) is 62.9 cm³/mol. The zero-order valence-corrected chi connectivity index (χ0v) is 9.05. The van der Waals surface area contributed by atoms with E-state index < -0.39 is 5.82 Å². The SMILES string of the molecule is OCc1ccc(N=Nc2ccccc2F)cc1. The Labute approximate surface area is 98.3 Å². The van der Waals surface area contributed by atoms with Gasteiger partial charge in [0.1, 0.15) is 5.69 Å². The number of nitrogens with zero attached hydrogens (tertiary/aromatic N) is 2. The van der Waals surface area contributed by atoms with E-state index in [-0.39, 0.29) is 12.3 Å². The number of aliphatic hydroxyl groups excluding tert-OH is 1. The lowest BCUT2D eigenvalue weighted by Gasteiger charge is -1.96. The molecule has 0 spiro atoms. The standard InChI is InChI=1S/C13H11FN2O/c14-12-3-1-2-4-13(12)16-15-11-7-5-10(9-17)6-8-11/h1-8,17H,9H2. The van der Waals surface area contributed by atoms with Crippen molar-refractivity contribution >= 4 is 11.4 Å². The van der Waals surface area contributed by atoms with Gasteiger partial charge in [-0.05, 0) is 29.8 Å². The van der Waals surface area contributed by atoms with Crippen LogP contribution in [0.1, 0.15) is 5.56 Å². The fourth-order valence-corrected chi connectivity index (χ4v) is 1.31. The Morgan fingerprint density at radius 3 is 2.29 bits per heavy atom. The molecule has 0 fully saturated rings. The third-order valence-corrected chi connectivity index (χ3v) is 2.24. The van der Waals surface area contributed by atoms with Crippen LogP contribution in [0.3, 0.4) is 0 Å². The Morgan fingerprint density at radius 2 is 1.65 bits per heavy atom. The van der Waals surface area contributed by atoms with Crippen LogP contribution in [0.5, 0.6) is 0 Å². The smallest absolute Gasteiger partial charge is 0.150 e. The van der Waals surface area contributed by atoms with Gasteiger partial charge in [0.15, 0.2) is 5.82 Å². The molecule has 0 atom stereocenters. The van der Waals surface area contributed by atoms with E-state index in [2.05, 4.69) is 10.2 Å². The highest BCUT2D eigenvalue weighted by Crippen LogP contribution is 2.20. The van der Waals surface area contributed by atoms with Gasteiger partial charge in [0.05, 0.1) is 12.3 Å². The summed E-state index contributed by atoms with van der Waals surface area (Å²) in [7, 11) is 0. The molecular formula is C13H11FN2O. The highest BCUT2D eigenvalue weighted by Gasteiger charge is 1.97. The maximum Gasteiger partial charge on any atom is 0.150 e. The summed E-state index contributed by atoms with van der Waals surface area (Å²) in [5.41, 5.74) is 1.62. The molecule has 0 amide bonds. The summed E-state index contributed by atoms with van der Waals surface area (Å²) in [5.74, 6) is -0.400. The monoisotopic (exact) mass is 230 g/mol. The van der Waals surface area contributed by atoms with Crippen molar-refractivity contribution in [3.05, 3.63) is 59.9 Å². The molecule has 86 valence electrons. The van der Waals surface area contributed by atoms with E-state index in [9.17, 15) is 4.39 Å². The Hall–Kier alpha value is -2.07. The van der Waals surface area contributed by atoms with E-state index in [0.29, 0.717) is 5.69 Å². The van der Waals surface area contributed by atoms with Crippen LogP contribution in [0, 0.1) is 5.82 Å². The van der Waals surface area contributed by atoms with Crippen LogP contribution in [0.25, 0.3) is 0 Å². The minimum atomic E-state index is -0.400. The van der Waals surface area contributed by atoms with Crippen molar-refractivity contribution in [2.75, 3.05) is 0 Å². The molecule has 0 aromatic heterocycles. The second-order valence-electron chi connectivity index (χ2n) is 3.48. The predicted octanol–water partition coefficient (Wildman–Crippen LogP) is 3.73. The number of hydrogen-bond donors (Lipinski definition) is 1. The number of hydrogen-bond acceptors (Lipinski definition) is 3. The van der Waals surface area contributed by atoms with Gasteiger partial charge in [-0.25, -0.2) is 4.39 Å². The zero-order valence-electron chi connectivity index (χ0n) is 9.05. The van der Waals surface area contributed by atoms with Crippen molar-refractivity contribution in [2.24, 2.45) is 10.2 Å². The van der Waals surface area contributed by atoms with Gasteiger partial charge in [-0.2, -0.15) is 5.11 Å². The van der Waals surface area contributed by atoms with Gasteiger partial charge in [0.2, 0.25) is 0 Å². The van der Waals surface area contributed by atoms with Crippen molar-refractivity contribution in [3.63, 3.8) is 0 Å². The largest absolute Gasteiger partial charge is 0.392 e.